The highest BCUT2D eigenvalue weighted by atomic mass is 16.2. The first-order valence-electron chi connectivity index (χ1n) is 6.67. The van der Waals surface area contributed by atoms with E-state index in [-0.39, 0.29) is 11.9 Å². The second kappa shape index (κ2) is 7.34. The quantitative estimate of drug-likeness (QED) is 0.769. The van der Waals surface area contributed by atoms with Gasteiger partial charge in [-0.05, 0) is 5.92 Å². The lowest BCUT2D eigenvalue weighted by molar-refractivity contribution is -0.133. The second-order valence-electron chi connectivity index (χ2n) is 5.24. The number of carbonyl (C=O) groups is 1. The third-order valence-corrected chi connectivity index (χ3v) is 3.53. The summed E-state index contributed by atoms with van der Waals surface area (Å²) >= 11 is 0. The molecule has 0 saturated carbocycles. The van der Waals surface area contributed by atoms with E-state index in [1.165, 1.54) is 0 Å². The van der Waals surface area contributed by atoms with Crippen molar-refractivity contribution >= 4 is 5.91 Å². The maximum atomic E-state index is 12.0. The molecule has 1 fully saturated rings. The molecule has 5 nitrogen and oxygen atoms in total. The van der Waals surface area contributed by atoms with Crippen molar-refractivity contribution in [3.8, 4) is 6.07 Å². The van der Waals surface area contributed by atoms with E-state index in [1.54, 1.807) is 0 Å². The molecule has 1 amide bonds. The SMILES string of the molecule is CC(C)C(N)CC(=O)N1CCN(CCC#N)CC1. The van der Waals surface area contributed by atoms with E-state index in [0.717, 1.165) is 32.7 Å². The summed E-state index contributed by atoms with van der Waals surface area (Å²) in [4.78, 5) is 16.1. The Morgan fingerprint density at radius 3 is 2.44 bits per heavy atom. The highest BCUT2D eigenvalue weighted by molar-refractivity contribution is 5.77. The lowest BCUT2D eigenvalue weighted by atomic mass is 10.0. The zero-order chi connectivity index (χ0) is 13.5. The van der Waals surface area contributed by atoms with E-state index >= 15 is 0 Å². The van der Waals surface area contributed by atoms with Crippen LogP contribution in [0.25, 0.3) is 0 Å². The number of carbonyl (C=O) groups excluding carboxylic acids is 1. The molecule has 0 spiro atoms. The van der Waals surface area contributed by atoms with E-state index in [4.69, 9.17) is 11.0 Å². The van der Waals surface area contributed by atoms with Crippen LogP contribution in [-0.4, -0.2) is 54.5 Å². The number of hydrogen-bond donors (Lipinski definition) is 1. The maximum absolute atomic E-state index is 12.0. The zero-order valence-corrected chi connectivity index (χ0v) is 11.4. The number of hydrogen-bond acceptors (Lipinski definition) is 4. The van der Waals surface area contributed by atoms with Crippen molar-refractivity contribution in [2.24, 2.45) is 11.7 Å². The summed E-state index contributed by atoms with van der Waals surface area (Å²) in [5.41, 5.74) is 5.92. The Kier molecular flexibility index (Phi) is 6.10. The average molecular weight is 252 g/mol. The van der Waals surface area contributed by atoms with Crippen molar-refractivity contribution in [2.45, 2.75) is 32.7 Å². The zero-order valence-electron chi connectivity index (χ0n) is 11.4. The fourth-order valence-electron chi connectivity index (χ4n) is 2.00. The molecule has 0 aromatic rings. The molecular formula is C13H24N4O. The van der Waals surface area contributed by atoms with E-state index < -0.39 is 0 Å². The van der Waals surface area contributed by atoms with Crippen molar-refractivity contribution in [3.63, 3.8) is 0 Å². The van der Waals surface area contributed by atoms with Gasteiger partial charge in [0, 0.05) is 51.6 Å². The van der Waals surface area contributed by atoms with Crippen molar-refractivity contribution in [1.29, 1.82) is 5.26 Å². The number of rotatable bonds is 5. The molecule has 0 aromatic carbocycles. The van der Waals surface area contributed by atoms with Gasteiger partial charge in [0.1, 0.15) is 0 Å². The van der Waals surface area contributed by atoms with Crippen LogP contribution in [-0.2, 0) is 4.79 Å². The molecule has 1 unspecified atom stereocenters. The maximum Gasteiger partial charge on any atom is 0.224 e. The van der Waals surface area contributed by atoms with E-state index in [2.05, 4.69) is 11.0 Å². The van der Waals surface area contributed by atoms with Crippen molar-refractivity contribution in [3.05, 3.63) is 0 Å². The van der Waals surface area contributed by atoms with Gasteiger partial charge in [-0.3, -0.25) is 9.69 Å². The van der Waals surface area contributed by atoms with Gasteiger partial charge in [-0.25, -0.2) is 0 Å². The van der Waals surface area contributed by atoms with E-state index in [9.17, 15) is 4.79 Å². The van der Waals surface area contributed by atoms with Crippen molar-refractivity contribution in [1.82, 2.24) is 9.80 Å². The van der Waals surface area contributed by atoms with Gasteiger partial charge in [0.05, 0.1) is 6.07 Å². The van der Waals surface area contributed by atoms with Crippen LogP contribution < -0.4 is 5.73 Å². The minimum Gasteiger partial charge on any atom is -0.340 e. The largest absolute Gasteiger partial charge is 0.340 e. The van der Waals surface area contributed by atoms with Crippen LogP contribution in [0.3, 0.4) is 0 Å². The topological polar surface area (TPSA) is 73.4 Å². The first-order chi connectivity index (χ1) is 8.54. The van der Waals surface area contributed by atoms with Gasteiger partial charge in [-0.15, -0.1) is 0 Å². The summed E-state index contributed by atoms with van der Waals surface area (Å²) in [5, 5.41) is 8.53. The van der Waals surface area contributed by atoms with Gasteiger partial charge in [0.15, 0.2) is 0 Å². The van der Waals surface area contributed by atoms with Gasteiger partial charge in [0.2, 0.25) is 5.91 Å². The van der Waals surface area contributed by atoms with Gasteiger partial charge in [-0.2, -0.15) is 5.26 Å². The van der Waals surface area contributed by atoms with Crippen LogP contribution in [0.15, 0.2) is 0 Å². The van der Waals surface area contributed by atoms with Crippen LogP contribution in [0.2, 0.25) is 0 Å². The summed E-state index contributed by atoms with van der Waals surface area (Å²) in [6, 6.07) is 2.10. The minimum absolute atomic E-state index is 0.0471. The number of nitriles is 1. The summed E-state index contributed by atoms with van der Waals surface area (Å²) in [5.74, 6) is 0.502. The molecule has 1 rings (SSSR count). The van der Waals surface area contributed by atoms with Crippen LogP contribution in [0.5, 0.6) is 0 Å². The van der Waals surface area contributed by atoms with Crippen molar-refractivity contribution < 1.29 is 4.79 Å². The fraction of sp³-hybridized carbons (Fsp3) is 0.846. The molecule has 0 aromatic heterocycles. The first kappa shape index (κ1) is 14.9. The fourth-order valence-corrected chi connectivity index (χ4v) is 2.00. The molecular weight excluding hydrogens is 228 g/mol. The Bertz CT molecular complexity index is 303. The summed E-state index contributed by atoms with van der Waals surface area (Å²) in [7, 11) is 0. The van der Waals surface area contributed by atoms with Crippen LogP contribution in [0, 0.1) is 17.2 Å². The molecule has 0 radical (unpaired) electrons. The van der Waals surface area contributed by atoms with Crippen molar-refractivity contribution in [2.75, 3.05) is 32.7 Å². The lowest BCUT2D eigenvalue weighted by Crippen LogP contribution is -2.50. The molecule has 0 bridgehead atoms. The Labute approximate surface area is 110 Å². The average Bonchev–Trinajstić information content (AvgIpc) is 2.36. The normalized spacial score (nSPS) is 18.7. The molecule has 1 aliphatic heterocycles. The number of nitrogens with zero attached hydrogens (tertiary/aromatic N) is 3. The molecule has 2 N–H and O–H groups in total. The predicted octanol–water partition coefficient (Wildman–Crippen LogP) is 0.418. The minimum atomic E-state index is -0.0471. The smallest absolute Gasteiger partial charge is 0.224 e. The van der Waals surface area contributed by atoms with E-state index in [1.807, 2.05) is 18.7 Å². The third kappa shape index (κ3) is 4.63. The summed E-state index contributed by atoms with van der Waals surface area (Å²) in [6.07, 6.45) is 1.00. The number of piperazine rings is 1. The Hall–Kier alpha value is -1.12. The summed E-state index contributed by atoms with van der Waals surface area (Å²) < 4.78 is 0. The lowest BCUT2D eigenvalue weighted by Gasteiger charge is -2.35. The van der Waals surface area contributed by atoms with Crippen LogP contribution >= 0.6 is 0 Å². The van der Waals surface area contributed by atoms with Gasteiger partial charge >= 0.3 is 0 Å². The Morgan fingerprint density at radius 1 is 1.33 bits per heavy atom. The molecule has 1 saturated heterocycles. The van der Waals surface area contributed by atoms with Crippen LogP contribution in [0.1, 0.15) is 26.7 Å². The monoisotopic (exact) mass is 252 g/mol. The number of amides is 1. The summed E-state index contributed by atoms with van der Waals surface area (Å²) in [6.45, 7) is 8.14. The molecule has 102 valence electrons. The number of nitrogens with two attached hydrogens (primary N) is 1. The third-order valence-electron chi connectivity index (χ3n) is 3.53. The molecule has 1 atom stereocenters. The van der Waals surface area contributed by atoms with Crippen LogP contribution in [0.4, 0.5) is 0 Å². The molecule has 1 heterocycles. The van der Waals surface area contributed by atoms with Gasteiger partial charge in [0.25, 0.3) is 0 Å². The van der Waals surface area contributed by atoms with Gasteiger partial charge < -0.3 is 10.6 Å². The first-order valence-corrected chi connectivity index (χ1v) is 6.67. The Balaban J connectivity index is 2.30. The highest BCUT2D eigenvalue weighted by Gasteiger charge is 2.22. The Morgan fingerprint density at radius 2 is 1.94 bits per heavy atom. The molecule has 5 heteroatoms. The van der Waals surface area contributed by atoms with E-state index in [0.29, 0.717) is 18.8 Å². The van der Waals surface area contributed by atoms with Gasteiger partial charge in [-0.1, -0.05) is 13.8 Å². The standard InChI is InChI=1S/C13H24N4O/c1-11(2)12(15)10-13(18)17-8-6-16(7-9-17)5-3-4-14/h11-12H,3,5-10,15H2,1-2H3. The second-order valence-corrected chi connectivity index (χ2v) is 5.24. The highest BCUT2D eigenvalue weighted by Crippen LogP contribution is 2.08. The molecule has 18 heavy (non-hydrogen) atoms. The predicted molar refractivity (Wildman–Crippen MR) is 70.7 cm³/mol. The molecule has 0 aliphatic carbocycles. The molecule has 1 aliphatic rings.